The molecular weight excluding hydrogens is 438 g/mol. The van der Waals surface area contributed by atoms with E-state index in [0.29, 0.717) is 34.0 Å². The van der Waals surface area contributed by atoms with Gasteiger partial charge in [-0.05, 0) is 31.9 Å². The Morgan fingerprint density at radius 3 is 2.48 bits per heavy atom. The van der Waals surface area contributed by atoms with E-state index in [0.717, 1.165) is 0 Å². The van der Waals surface area contributed by atoms with Crippen LogP contribution in [0.2, 0.25) is 0 Å². The Morgan fingerprint density at radius 2 is 1.79 bits per heavy atom. The van der Waals surface area contributed by atoms with Crippen molar-refractivity contribution in [1.82, 2.24) is 15.3 Å². The van der Waals surface area contributed by atoms with Crippen molar-refractivity contribution in [2.75, 3.05) is 17.7 Å². The van der Waals surface area contributed by atoms with E-state index in [2.05, 4.69) is 25.9 Å². The van der Waals surface area contributed by atoms with Crippen molar-refractivity contribution in [2.24, 2.45) is 0 Å². The third kappa shape index (κ3) is 4.99. The van der Waals surface area contributed by atoms with Crippen molar-refractivity contribution in [1.29, 1.82) is 0 Å². The molecule has 0 unspecified atom stereocenters. The number of pyridine rings is 2. The SMILES string of the molecule is CNc1cc2nc(C)c(-c3cc(NC(=O)NC4CCC(F)(F)CC4)c(F)cc3F)cc2cn1. The zero-order chi connectivity index (χ0) is 23.8. The molecule has 0 radical (unpaired) electrons. The molecule has 1 aliphatic carbocycles. The van der Waals surface area contributed by atoms with Gasteiger partial charge in [0.1, 0.15) is 17.5 Å². The van der Waals surface area contributed by atoms with Crippen LogP contribution >= 0.6 is 0 Å². The van der Waals surface area contributed by atoms with E-state index in [-0.39, 0.29) is 36.9 Å². The fraction of sp³-hybridized carbons (Fsp3) is 0.348. The maximum absolute atomic E-state index is 14.7. The number of amides is 2. The minimum atomic E-state index is -2.72. The van der Waals surface area contributed by atoms with Gasteiger partial charge in [0.15, 0.2) is 0 Å². The van der Waals surface area contributed by atoms with Crippen molar-refractivity contribution in [3.05, 3.63) is 47.8 Å². The molecule has 1 saturated carbocycles. The van der Waals surface area contributed by atoms with Gasteiger partial charge in [-0.3, -0.25) is 4.98 Å². The maximum Gasteiger partial charge on any atom is 0.319 e. The zero-order valence-electron chi connectivity index (χ0n) is 18.1. The zero-order valence-corrected chi connectivity index (χ0v) is 18.1. The Labute approximate surface area is 187 Å². The number of alkyl halides is 2. The second-order valence-electron chi connectivity index (χ2n) is 8.17. The van der Waals surface area contributed by atoms with E-state index in [1.165, 1.54) is 6.07 Å². The molecule has 3 aromatic rings. The lowest BCUT2D eigenvalue weighted by Crippen LogP contribution is -2.42. The van der Waals surface area contributed by atoms with Gasteiger partial charge in [-0.25, -0.2) is 27.3 Å². The number of nitrogens with zero attached hydrogens (tertiary/aromatic N) is 2. The molecule has 0 saturated heterocycles. The van der Waals surface area contributed by atoms with Gasteiger partial charge < -0.3 is 16.0 Å². The number of carbonyl (C=O) groups is 1. The number of anilines is 2. The second-order valence-corrected chi connectivity index (χ2v) is 8.17. The summed E-state index contributed by atoms with van der Waals surface area (Å²) in [5, 5.41) is 8.54. The van der Waals surface area contributed by atoms with Crippen LogP contribution in [0.4, 0.5) is 33.9 Å². The number of rotatable bonds is 4. The highest BCUT2D eigenvalue weighted by Crippen LogP contribution is 2.34. The van der Waals surface area contributed by atoms with Crippen molar-refractivity contribution in [3.63, 3.8) is 0 Å². The summed E-state index contributed by atoms with van der Waals surface area (Å²) in [6.45, 7) is 1.70. The van der Waals surface area contributed by atoms with Gasteiger partial charge in [0.05, 0.1) is 11.2 Å². The van der Waals surface area contributed by atoms with Gasteiger partial charge in [-0.1, -0.05) is 0 Å². The fourth-order valence-electron chi connectivity index (χ4n) is 3.95. The van der Waals surface area contributed by atoms with Gasteiger partial charge >= 0.3 is 6.03 Å². The number of aromatic nitrogens is 2. The Morgan fingerprint density at radius 1 is 1.06 bits per heavy atom. The first-order valence-corrected chi connectivity index (χ1v) is 10.5. The summed E-state index contributed by atoms with van der Waals surface area (Å²) in [6.07, 6.45) is 1.22. The Hall–Kier alpha value is -3.43. The number of fused-ring (bicyclic) bond motifs is 1. The summed E-state index contributed by atoms with van der Waals surface area (Å²) in [5.41, 5.74) is 1.44. The molecule has 2 heterocycles. The smallest absolute Gasteiger partial charge is 0.319 e. The van der Waals surface area contributed by atoms with Crippen LogP contribution in [0.25, 0.3) is 22.0 Å². The largest absolute Gasteiger partial charge is 0.373 e. The van der Waals surface area contributed by atoms with Gasteiger partial charge in [0, 0.05) is 66.5 Å². The number of halogens is 4. The molecule has 0 bridgehead atoms. The van der Waals surface area contributed by atoms with Crippen LogP contribution in [0.3, 0.4) is 0 Å². The van der Waals surface area contributed by atoms with E-state index < -0.39 is 29.6 Å². The van der Waals surface area contributed by atoms with Crippen LogP contribution in [-0.4, -0.2) is 35.0 Å². The Balaban J connectivity index is 1.58. The summed E-state index contributed by atoms with van der Waals surface area (Å²) in [5.74, 6) is -3.85. The highest BCUT2D eigenvalue weighted by Gasteiger charge is 2.35. The topological polar surface area (TPSA) is 78.9 Å². The average Bonchev–Trinajstić information content (AvgIpc) is 2.76. The normalized spacial score (nSPS) is 15.9. The first-order valence-electron chi connectivity index (χ1n) is 10.5. The summed E-state index contributed by atoms with van der Waals surface area (Å²) < 4.78 is 55.7. The molecule has 33 heavy (non-hydrogen) atoms. The third-order valence-corrected chi connectivity index (χ3v) is 5.79. The van der Waals surface area contributed by atoms with Crippen LogP contribution in [0, 0.1) is 18.6 Å². The van der Waals surface area contributed by atoms with Gasteiger partial charge in [0.2, 0.25) is 5.92 Å². The van der Waals surface area contributed by atoms with E-state index in [4.69, 9.17) is 0 Å². The van der Waals surface area contributed by atoms with Crippen LogP contribution in [0.1, 0.15) is 31.4 Å². The molecule has 6 nitrogen and oxygen atoms in total. The number of nitrogens with one attached hydrogen (secondary N) is 3. The fourth-order valence-corrected chi connectivity index (χ4v) is 3.95. The maximum atomic E-state index is 14.7. The average molecular weight is 461 g/mol. The summed E-state index contributed by atoms with van der Waals surface area (Å²) >= 11 is 0. The molecule has 174 valence electrons. The van der Waals surface area contributed by atoms with Gasteiger partial charge in [-0.15, -0.1) is 0 Å². The number of carbonyl (C=O) groups excluding carboxylic acids is 1. The summed E-state index contributed by atoms with van der Waals surface area (Å²) in [7, 11) is 1.73. The first kappa shape index (κ1) is 22.8. The molecule has 1 fully saturated rings. The van der Waals surface area contributed by atoms with Crippen molar-refractivity contribution >= 4 is 28.4 Å². The molecule has 3 N–H and O–H groups in total. The summed E-state index contributed by atoms with van der Waals surface area (Å²) in [6, 6.07) is 4.18. The number of aryl methyl sites for hydroxylation is 1. The summed E-state index contributed by atoms with van der Waals surface area (Å²) in [4.78, 5) is 21.1. The molecule has 1 aromatic carbocycles. The van der Waals surface area contributed by atoms with Crippen LogP contribution in [0.15, 0.2) is 30.5 Å². The van der Waals surface area contributed by atoms with E-state index in [1.54, 1.807) is 32.3 Å². The molecular formula is C23H23F4N5O. The standard InChI is InChI=1S/C23H23F4N5O/c1-12-15(7-13-11-29-21(28-2)10-19(13)30-12)16-8-20(18(25)9-17(16)24)32-22(33)31-14-3-5-23(26,27)6-4-14/h7-11,14H,3-6H2,1-2H3,(H,28,29)(H2,31,32,33). The number of hydrogen-bond donors (Lipinski definition) is 3. The molecule has 0 atom stereocenters. The van der Waals surface area contributed by atoms with Crippen molar-refractivity contribution in [3.8, 4) is 11.1 Å². The van der Waals surface area contributed by atoms with Crippen LogP contribution in [-0.2, 0) is 0 Å². The third-order valence-electron chi connectivity index (χ3n) is 5.79. The lowest BCUT2D eigenvalue weighted by molar-refractivity contribution is -0.0394. The van der Waals surface area contributed by atoms with Gasteiger partial charge in [0.25, 0.3) is 0 Å². The number of urea groups is 1. The molecule has 1 aliphatic rings. The van der Waals surface area contributed by atoms with Crippen LogP contribution < -0.4 is 16.0 Å². The lowest BCUT2D eigenvalue weighted by Gasteiger charge is -2.28. The highest BCUT2D eigenvalue weighted by molar-refractivity contribution is 5.91. The minimum Gasteiger partial charge on any atom is -0.373 e. The van der Waals surface area contributed by atoms with E-state index in [9.17, 15) is 22.4 Å². The predicted molar refractivity (Wildman–Crippen MR) is 119 cm³/mol. The Kier molecular flexibility index (Phi) is 6.09. The van der Waals surface area contributed by atoms with E-state index in [1.807, 2.05) is 0 Å². The van der Waals surface area contributed by atoms with E-state index >= 15 is 0 Å². The number of benzene rings is 1. The van der Waals surface area contributed by atoms with Crippen molar-refractivity contribution < 1.29 is 22.4 Å². The highest BCUT2D eigenvalue weighted by atomic mass is 19.3. The van der Waals surface area contributed by atoms with Gasteiger partial charge in [-0.2, -0.15) is 0 Å². The molecule has 10 heteroatoms. The lowest BCUT2D eigenvalue weighted by atomic mass is 9.92. The van der Waals surface area contributed by atoms with Crippen LogP contribution in [0.5, 0.6) is 0 Å². The molecule has 4 rings (SSSR count). The monoisotopic (exact) mass is 461 g/mol. The minimum absolute atomic E-state index is 0.0635. The molecule has 0 spiro atoms. The molecule has 2 aromatic heterocycles. The molecule has 0 aliphatic heterocycles. The number of hydrogen-bond acceptors (Lipinski definition) is 4. The Bertz CT molecular complexity index is 1210. The predicted octanol–water partition coefficient (Wildman–Crippen LogP) is 5.62. The second kappa shape index (κ2) is 8.84. The molecule has 2 amide bonds. The quantitative estimate of drug-likeness (QED) is 0.441. The first-order chi connectivity index (χ1) is 15.6. The van der Waals surface area contributed by atoms with Crippen molar-refractivity contribution in [2.45, 2.75) is 44.6 Å².